The maximum Gasteiger partial charge on any atom is 0.317 e. The molecule has 0 spiro atoms. The number of rotatable bonds is 4. The van der Waals surface area contributed by atoms with Crippen LogP contribution in [0, 0.1) is 5.92 Å². The van der Waals surface area contributed by atoms with Crippen LogP contribution in [0.4, 0.5) is 4.79 Å². The molecule has 1 saturated carbocycles. The molecule has 0 saturated heterocycles. The van der Waals surface area contributed by atoms with Gasteiger partial charge in [-0.1, -0.05) is 25.8 Å². The Morgan fingerprint density at radius 3 is 2.77 bits per heavy atom. The van der Waals surface area contributed by atoms with Gasteiger partial charge in [0.25, 0.3) is 0 Å². The topological polar surface area (TPSA) is 61.8 Å². The third-order valence-corrected chi connectivity index (χ3v) is 4.43. The maximum absolute atomic E-state index is 12.3. The predicted octanol–water partition coefficient (Wildman–Crippen LogP) is 3.12. The smallest absolute Gasteiger partial charge is 0.317 e. The van der Waals surface area contributed by atoms with Crippen molar-refractivity contribution in [3.05, 3.63) is 23.8 Å². The average molecular weight is 306 g/mol. The minimum Gasteiger partial charge on any atom is -0.504 e. The zero-order chi connectivity index (χ0) is 16.1. The molecule has 2 N–H and O–H groups in total. The molecule has 0 radical (unpaired) electrons. The van der Waals surface area contributed by atoms with E-state index in [-0.39, 0.29) is 17.8 Å². The minimum atomic E-state index is -0.0611. The Kier molecular flexibility index (Phi) is 5.52. The zero-order valence-corrected chi connectivity index (χ0v) is 13.6. The Labute approximate surface area is 132 Å². The van der Waals surface area contributed by atoms with E-state index >= 15 is 0 Å². The Hall–Kier alpha value is -1.91. The van der Waals surface area contributed by atoms with E-state index in [4.69, 9.17) is 4.74 Å². The standard InChI is InChI=1S/C17H26N2O3/c1-12-6-4-5-7-14(12)18-17(21)19(2)11-13-8-9-16(22-3)15(20)10-13/h8-10,12,14,20H,4-7,11H2,1-3H3,(H,18,21). The number of nitrogens with one attached hydrogen (secondary N) is 1. The summed E-state index contributed by atoms with van der Waals surface area (Å²) >= 11 is 0. The SMILES string of the molecule is COc1ccc(CN(C)C(=O)NC2CCCCC2C)cc1O. The normalized spacial score (nSPS) is 21.2. The van der Waals surface area contributed by atoms with Crippen LogP contribution in [-0.4, -0.2) is 36.2 Å². The number of urea groups is 1. The van der Waals surface area contributed by atoms with Crippen LogP contribution >= 0.6 is 0 Å². The molecule has 5 heteroatoms. The van der Waals surface area contributed by atoms with Crippen molar-refractivity contribution in [2.45, 2.75) is 45.2 Å². The molecular weight excluding hydrogens is 280 g/mol. The van der Waals surface area contributed by atoms with Crippen molar-refractivity contribution in [1.29, 1.82) is 0 Å². The van der Waals surface area contributed by atoms with Crippen molar-refractivity contribution in [1.82, 2.24) is 10.2 Å². The van der Waals surface area contributed by atoms with E-state index in [0.29, 0.717) is 18.2 Å². The molecule has 2 unspecified atom stereocenters. The lowest BCUT2D eigenvalue weighted by atomic mass is 9.86. The molecule has 0 bridgehead atoms. The number of hydrogen-bond acceptors (Lipinski definition) is 3. The first-order chi connectivity index (χ1) is 10.5. The van der Waals surface area contributed by atoms with Gasteiger partial charge in [-0.15, -0.1) is 0 Å². The largest absolute Gasteiger partial charge is 0.504 e. The number of nitrogens with zero attached hydrogens (tertiary/aromatic N) is 1. The highest BCUT2D eigenvalue weighted by Gasteiger charge is 2.24. The van der Waals surface area contributed by atoms with Gasteiger partial charge in [0.15, 0.2) is 11.5 Å². The fourth-order valence-corrected chi connectivity index (χ4v) is 2.98. The van der Waals surface area contributed by atoms with Gasteiger partial charge in [0.1, 0.15) is 0 Å². The molecular formula is C17H26N2O3. The van der Waals surface area contributed by atoms with Crippen molar-refractivity contribution >= 4 is 6.03 Å². The summed E-state index contributed by atoms with van der Waals surface area (Å²) in [5.41, 5.74) is 0.868. The third kappa shape index (κ3) is 4.06. The summed E-state index contributed by atoms with van der Waals surface area (Å²) in [7, 11) is 3.28. The molecule has 0 aliphatic heterocycles. The van der Waals surface area contributed by atoms with E-state index in [2.05, 4.69) is 12.2 Å². The molecule has 2 atom stereocenters. The van der Waals surface area contributed by atoms with Crippen molar-refractivity contribution in [3.63, 3.8) is 0 Å². The number of ether oxygens (including phenoxy) is 1. The highest BCUT2D eigenvalue weighted by molar-refractivity contribution is 5.74. The number of phenolic OH excluding ortho intramolecular Hbond substituents is 1. The second-order valence-corrected chi connectivity index (χ2v) is 6.18. The molecule has 2 amide bonds. The number of carbonyl (C=O) groups excluding carboxylic acids is 1. The van der Waals surface area contributed by atoms with Crippen LogP contribution in [0.3, 0.4) is 0 Å². The van der Waals surface area contributed by atoms with Gasteiger partial charge in [0.2, 0.25) is 0 Å². The Morgan fingerprint density at radius 2 is 2.14 bits per heavy atom. The molecule has 0 aromatic heterocycles. The van der Waals surface area contributed by atoms with Crippen LogP contribution in [0.15, 0.2) is 18.2 Å². The predicted molar refractivity (Wildman–Crippen MR) is 86.1 cm³/mol. The van der Waals surface area contributed by atoms with E-state index in [9.17, 15) is 9.90 Å². The summed E-state index contributed by atoms with van der Waals surface area (Å²) in [6.07, 6.45) is 4.69. The first kappa shape index (κ1) is 16.5. The number of carbonyl (C=O) groups is 1. The van der Waals surface area contributed by atoms with E-state index < -0.39 is 0 Å². The summed E-state index contributed by atoms with van der Waals surface area (Å²) in [4.78, 5) is 13.9. The fraction of sp³-hybridized carbons (Fsp3) is 0.588. The first-order valence-electron chi connectivity index (χ1n) is 7.88. The summed E-state index contributed by atoms with van der Waals surface area (Å²) < 4.78 is 5.02. The molecule has 122 valence electrons. The lowest BCUT2D eigenvalue weighted by Gasteiger charge is -2.31. The number of aromatic hydroxyl groups is 1. The minimum absolute atomic E-state index is 0.0611. The van der Waals surface area contributed by atoms with Crippen LogP contribution < -0.4 is 10.1 Å². The van der Waals surface area contributed by atoms with Crippen LogP contribution in [0.5, 0.6) is 11.5 Å². The van der Waals surface area contributed by atoms with Gasteiger partial charge in [-0.05, 0) is 36.5 Å². The van der Waals surface area contributed by atoms with Crippen molar-refractivity contribution in [2.24, 2.45) is 5.92 Å². The van der Waals surface area contributed by atoms with E-state index in [1.54, 1.807) is 24.1 Å². The molecule has 22 heavy (non-hydrogen) atoms. The summed E-state index contributed by atoms with van der Waals surface area (Å²) in [6, 6.07) is 5.40. The Bertz CT molecular complexity index is 519. The van der Waals surface area contributed by atoms with Crippen molar-refractivity contribution < 1.29 is 14.6 Å². The second kappa shape index (κ2) is 7.38. The van der Waals surface area contributed by atoms with E-state index in [1.807, 2.05) is 6.07 Å². The fourth-order valence-electron chi connectivity index (χ4n) is 2.98. The van der Waals surface area contributed by atoms with Gasteiger partial charge >= 0.3 is 6.03 Å². The number of phenols is 1. The molecule has 0 heterocycles. The second-order valence-electron chi connectivity index (χ2n) is 6.18. The molecule has 2 rings (SSSR count). The maximum atomic E-state index is 12.3. The van der Waals surface area contributed by atoms with Gasteiger partial charge in [-0.3, -0.25) is 0 Å². The number of hydrogen-bond donors (Lipinski definition) is 2. The van der Waals surface area contributed by atoms with Gasteiger partial charge in [-0.2, -0.15) is 0 Å². The van der Waals surface area contributed by atoms with Crippen molar-refractivity contribution in [2.75, 3.05) is 14.2 Å². The van der Waals surface area contributed by atoms with Gasteiger partial charge in [0.05, 0.1) is 7.11 Å². The number of amides is 2. The van der Waals surface area contributed by atoms with Gasteiger partial charge in [0, 0.05) is 19.6 Å². The van der Waals surface area contributed by atoms with E-state index in [0.717, 1.165) is 12.0 Å². The summed E-state index contributed by atoms with van der Waals surface area (Å²) in [6.45, 7) is 2.65. The Balaban J connectivity index is 1.92. The van der Waals surface area contributed by atoms with Gasteiger partial charge < -0.3 is 20.1 Å². The molecule has 1 aliphatic carbocycles. The van der Waals surface area contributed by atoms with Crippen molar-refractivity contribution in [3.8, 4) is 11.5 Å². The summed E-state index contributed by atoms with van der Waals surface area (Å²) in [5, 5.41) is 12.9. The van der Waals surface area contributed by atoms with Crippen LogP contribution in [0.25, 0.3) is 0 Å². The van der Waals surface area contributed by atoms with Crippen LogP contribution in [-0.2, 0) is 6.54 Å². The molecule has 5 nitrogen and oxygen atoms in total. The summed E-state index contributed by atoms with van der Waals surface area (Å²) in [5.74, 6) is 1.07. The third-order valence-electron chi connectivity index (χ3n) is 4.43. The van der Waals surface area contributed by atoms with E-state index in [1.165, 1.54) is 26.4 Å². The lowest BCUT2D eigenvalue weighted by Crippen LogP contribution is -2.46. The van der Waals surface area contributed by atoms with Gasteiger partial charge in [-0.25, -0.2) is 4.79 Å². The number of methoxy groups -OCH3 is 1. The monoisotopic (exact) mass is 306 g/mol. The molecule has 1 aromatic carbocycles. The molecule has 1 aromatic rings. The number of benzene rings is 1. The zero-order valence-electron chi connectivity index (χ0n) is 13.6. The first-order valence-corrected chi connectivity index (χ1v) is 7.88. The van der Waals surface area contributed by atoms with Crippen LogP contribution in [0.1, 0.15) is 38.2 Å². The average Bonchev–Trinajstić information content (AvgIpc) is 2.49. The highest BCUT2D eigenvalue weighted by Crippen LogP contribution is 2.27. The lowest BCUT2D eigenvalue weighted by molar-refractivity contribution is 0.190. The highest BCUT2D eigenvalue weighted by atomic mass is 16.5. The molecule has 1 aliphatic rings. The Morgan fingerprint density at radius 1 is 1.41 bits per heavy atom. The quantitative estimate of drug-likeness (QED) is 0.898. The van der Waals surface area contributed by atoms with Crippen LogP contribution in [0.2, 0.25) is 0 Å². The molecule has 1 fully saturated rings.